The van der Waals surface area contributed by atoms with Crippen molar-refractivity contribution in [2.75, 3.05) is 12.3 Å². The first-order valence-electron chi connectivity index (χ1n) is 13.5. The molecule has 40 heavy (non-hydrogen) atoms. The topological polar surface area (TPSA) is 107 Å². The Morgan fingerprint density at radius 2 is 1.90 bits per heavy atom. The number of piperidine rings is 1. The number of nitrogens with zero attached hydrogens (tertiary/aromatic N) is 2. The number of ether oxygens (including phenoxy) is 2. The lowest BCUT2D eigenvalue weighted by Gasteiger charge is -2.40. The fourth-order valence-corrected chi connectivity index (χ4v) is 8.34. The number of nitrogen functional groups attached to an aromatic ring is 1. The molecule has 0 radical (unpaired) electrons. The third-order valence-corrected chi connectivity index (χ3v) is 10.1. The van der Waals surface area contributed by atoms with Crippen molar-refractivity contribution >= 4 is 49.9 Å². The first-order chi connectivity index (χ1) is 18.9. The lowest BCUT2D eigenvalue weighted by Crippen LogP contribution is -2.48. The molecule has 3 aromatic rings. The van der Waals surface area contributed by atoms with Crippen molar-refractivity contribution in [1.82, 2.24) is 15.2 Å². The molecule has 0 aliphatic carbocycles. The number of aryl methyl sites for hydroxylation is 1. The van der Waals surface area contributed by atoms with Crippen molar-refractivity contribution in [2.24, 2.45) is 0 Å². The van der Waals surface area contributed by atoms with Gasteiger partial charge in [0.05, 0.1) is 21.4 Å². The number of amides is 2. The molecular weight excluding hydrogens is 558 g/mol. The van der Waals surface area contributed by atoms with Crippen LogP contribution in [0.5, 0.6) is 5.75 Å². The number of nitrogens with one attached hydrogen (secondary N) is 1. The van der Waals surface area contributed by atoms with E-state index >= 15 is 8.78 Å². The molecule has 3 atom stereocenters. The first kappa shape index (κ1) is 27.2. The van der Waals surface area contributed by atoms with Crippen molar-refractivity contribution in [3.05, 3.63) is 38.7 Å². The van der Waals surface area contributed by atoms with E-state index in [1.54, 1.807) is 4.90 Å². The van der Waals surface area contributed by atoms with Gasteiger partial charge in [-0.3, -0.25) is 4.79 Å². The van der Waals surface area contributed by atoms with E-state index in [2.05, 4.69) is 10.3 Å². The number of halogens is 2. The quantitative estimate of drug-likeness (QED) is 0.393. The maximum atomic E-state index is 15.8. The molecule has 0 saturated carbocycles. The molecule has 6 rings (SSSR count). The van der Waals surface area contributed by atoms with E-state index in [0.717, 1.165) is 22.5 Å². The third-order valence-electron chi connectivity index (χ3n) is 7.89. The Kier molecular flexibility index (Phi) is 6.68. The Morgan fingerprint density at radius 3 is 2.55 bits per heavy atom. The smallest absolute Gasteiger partial charge is 0.410 e. The molecule has 2 unspecified atom stereocenters. The van der Waals surface area contributed by atoms with Gasteiger partial charge in [0, 0.05) is 24.1 Å². The number of anilines is 1. The normalized spacial score (nSPS) is 24.1. The number of thiazole rings is 1. The van der Waals surface area contributed by atoms with E-state index < -0.39 is 23.3 Å². The van der Waals surface area contributed by atoms with E-state index in [4.69, 9.17) is 15.2 Å². The fourth-order valence-electron chi connectivity index (χ4n) is 6.24. The predicted molar refractivity (Wildman–Crippen MR) is 150 cm³/mol. The highest BCUT2D eigenvalue weighted by Gasteiger charge is 2.46. The zero-order valence-electron chi connectivity index (χ0n) is 22.8. The van der Waals surface area contributed by atoms with Gasteiger partial charge in [-0.1, -0.05) is 0 Å². The highest BCUT2D eigenvalue weighted by molar-refractivity contribution is 7.29. The van der Waals surface area contributed by atoms with E-state index in [-0.39, 0.29) is 59.9 Å². The summed E-state index contributed by atoms with van der Waals surface area (Å²) in [4.78, 5) is 33.0. The van der Waals surface area contributed by atoms with Crippen LogP contribution in [0, 0.1) is 18.6 Å². The first-order valence-corrected chi connectivity index (χ1v) is 15.1. The molecule has 1 aromatic carbocycles. The van der Waals surface area contributed by atoms with Crippen molar-refractivity contribution in [2.45, 2.75) is 89.4 Å². The molecule has 2 aromatic heterocycles. The summed E-state index contributed by atoms with van der Waals surface area (Å²) in [7, 11) is 0. The van der Waals surface area contributed by atoms with Gasteiger partial charge in [0.15, 0.2) is 11.6 Å². The monoisotopic (exact) mass is 590 g/mol. The second-order valence-electron chi connectivity index (χ2n) is 11.9. The van der Waals surface area contributed by atoms with Crippen LogP contribution in [0.2, 0.25) is 0 Å². The Labute approximate surface area is 238 Å². The second-order valence-corrected chi connectivity index (χ2v) is 14.1. The van der Waals surface area contributed by atoms with Gasteiger partial charge in [-0.25, -0.2) is 18.6 Å². The number of hydrogen-bond acceptors (Lipinski definition) is 8. The standard InChI is InChI=1S/C28H32F2N4O4S2/c1-12-32-26-24(39-12)21(31)23(40-26)25(35)33-14-9-18-19(29)10-17(20(30)22(18)37-11-14)13-7-15-5-6-16(8-13)34(15)27(36)38-28(2,3)4/h10,13-16H,5-9,11,31H2,1-4H3,(H,33,35)/t13?,14-,15?,16?/m1/s1. The van der Waals surface area contributed by atoms with Gasteiger partial charge in [-0.2, -0.15) is 0 Å². The number of rotatable bonds is 3. The van der Waals surface area contributed by atoms with Crippen molar-refractivity contribution in [1.29, 1.82) is 0 Å². The molecule has 2 fully saturated rings. The van der Waals surface area contributed by atoms with Gasteiger partial charge >= 0.3 is 6.09 Å². The fraction of sp³-hybridized carbons (Fsp3) is 0.536. The molecule has 3 N–H and O–H groups in total. The van der Waals surface area contributed by atoms with E-state index in [1.807, 2.05) is 27.7 Å². The summed E-state index contributed by atoms with van der Waals surface area (Å²) in [6.07, 6.45) is 2.46. The largest absolute Gasteiger partial charge is 0.488 e. The average molecular weight is 591 g/mol. The minimum atomic E-state index is -0.598. The number of aromatic nitrogens is 1. The molecule has 214 valence electrons. The number of hydrogen-bond donors (Lipinski definition) is 2. The van der Waals surface area contributed by atoms with Gasteiger partial charge in [-0.15, -0.1) is 22.7 Å². The Bertz CT molecular complexity index is 1500. The molecule has 3 aliphatic heterocycles. The van der Waals surface area contributed by atoms with Gasteiger partial charge in [0.2, 0.25) is 0 Å². The zero-order chi connectivity index (χ0) is 28.5. The molecule has 5 heterocycles. The number of carbonyl (C=O) groups is 2. The SMILES string of the molecule is Cc1nc2sc(C(=O)N[C@H]3COc4c(F)c(C5CC6CCC(C5)N6C(=O)OC(C)(C)C)cc(F)c4C3)c(N)c2s1. The highest BCUT2D eigenvalue weighted by Crippen LogP contribution is 2.46. The Morgan fingerprint density at radius 1 is 1.20 bits per heavy atom. The molecule has 2 amide bonds. The minimum absolute atomic E-state index is 0.0118. The summed E-state index contributed by atoms with van der Waals surface area (Å²) >= 11 is 2.65. The summed E-state index contributed by atoms with van der Waals surface area (Å²) < 4.78 is 43.3. The molecule has 2 bridgehead atoms. The number of nitrogens with two attached hydrogens (primary N) is 1. The molecule has 3 aliphatic rings. The van der Waals surface area contributed by atoms with Crippen LogP contribution in [0.15, 0.2) is 6.07 Å². The summed E-state index contributed by atoms with van der Waals surface area (Å²) in [6.45, 7) is 7.39. The summed E-state index contributed by atoms with van der Waals surface area (Å²) in [5, 5.41) is 3.73. The molecule has 8 nitrogen and oxygen atoms in total. The van der Waals surface area contributed by atoms with Crippen LogP contribution < -0.4 is 15.8 Å². The number of thiophene rings is 1. The van der Waals surface area contributed by atoms with Crippen LogP contribution in [-0.2, 0) is 11.2 Å². The van der Waals surface area contributed by atoms with Gasteiger partial charge in [-0.05, 0) is 70.9 Å². The minimum Gasteiger partial charge on any atom is -0.488 e. The van der Waals surface area contributed by atoms with Crippen molar-refractivity contribution in [3.8, 4) is 5.75 Å². The molecular formula is C28H32F2N4O4S2. The van der Waals surface area contributed by atoms with Crippen LogP contribution in [0.3, 0.4) is 0 Å². The number of fused-ring (bicyclic) bond motifs is 4. The van der Waals surface area contributed by atoms with Gasteiger partial charge in [0.25, 0.3) is 5.91 Å². The lowest BCUT2D eigenvalue weighted by molar-refractivity contribution is 0.00570. The molecule has 2 saturated heterocycles. The lowest BCUT2D eigenvalue weighted by atomic mass is 9.83. The Hall–Kier alpha value is -2.99. The Balaban J connectivity index is 1.17. The van der Waals surface area contributed by atoms with Crippen LogP contribution in [0.4, 0.5) is 19.3 Å². The molecule has 0 spiro atoms. The maximum Gasteiger partial charge on any atom is 0.410 e. The number of carbonyl (C=O) groups excluding carboxylic acids is 2. The maximum absolute atomic E-state index is 15.8. The van der Waals surface area contributed by atoms with Crippen LogP contribution in [0.25, 0.3) is 9.53 Å². The highest BCUT2D eigenvalue weighted by atomic mass is 32.1. The number of benzene rings is 1. The third kappa shape index (κ3) is 4.78. The summed E-state index contributed by atoms with van der Waals surface area (Å²) in [6, 6.07) is 0.587. The van der Waals surface area contributed by atoms with Gasteiger partial charge < -0.3 is 25.4 Å². The van der Waals surface area contributed by atoms with E-state index in [1.165, 1.54) is 28.7 Å². The van der Waals surface area contributed by atoms with Crippen LogP contribution in [-0.4, -0.2) is 52.2 Å². The van der Waals surface area contributed by atoms with Crippen LogP contribution >= 0.6 is 22.7 Å². The van der Waals surface area contributed by atoms with E-state index in [9.17, 15) is 9.59 Å². The van der Waals surface area contributed by atoms with Crippen LogP contribution in [0.1, 0.15) is 78.2 Å². The van der Waals surface area contributed by atoms with Crippen molar-refractivity contribution in [3.63, 3.8) is 0 Å². The van der Waals surface area contributed by atoms with Gasteiger partial charge in [0.1, 0.15) is 27.7 Å². The zero-order valence-corrected chi connectivity index (χ0v) is 24.4. The van der Waals surface area contributed by atoms with Crippen molar-refractivity contribution < 1.29 is 27.8 Å². The molecule has 12 heteroatoms. The average Bonchev–Trinajstić information content (AvgIpc) is 3.48. The summed E-state index contributed by atoms with van der Waals surface area (Å²) in [5.41, 5.74) is 6.38. The second kappa shape index (κ2) is 9.83. The predicted octanol–water partition coefficient (Wildman–Crippen LogP) is 5.91. The summed E-state index contributed by atoms with van der Waals surface area (Å²) in [5.74, 6) is -1.81. The van der Waals surface area contributed by atoms with E-state index in [0.29, 0.717) is 28.2 Å².